The average Bonchev–Trinajstić information content (AvgIpc) is 2.44. The third-order valence-corrected chi connectivity index (χ3v) is 2.31. The molecular weight excluding hydrogens is 168 g/mol. The summed E-state index contributed by atoms with van der Waals surface area (Å²) in [5.41, 5.74) is 0.673. The normalized spacial score (nSPS) is 17.2. The molecule has 2 heterocycles. The molecule has 1 aromatic rings. The lowest BCUT2D eigenvalue weighted by atomic mass is 10.1. The van der Waals surface area contributed by atoms with Crippen LogP contribution in [0.3, 0.4) is 0 Å². The van der Waals surface area contributed by atoms with Gasteiger partial charge in [0.2, 0.25) is 0 Å². The van der Waals surface area contributed by atoms with E-state index in [0.29, 0.717) is 18.8 Å². The van der Waals surface area contributed by atoms with Crippen LogP contribution < -0.4 is 0 Å². The predicted octanol–water partition coefficient (Wildman–Crippen LogP) is -0.158. The van der Waals surface area contributed by atoms with E-state index in [-0.39, 0.29) is 12.0 Å². The molecule has 0 atom stereocenters. The van der Waals surface area contributed by atoms with Crippen LogP contribution in [0.1, 0.15) is 10.5 Å². The van der Waals surface area contributed by atoms with E-state index in [4.69, 9.17) is 5.11 Å². The minimum Gasteiger partial charge on any atom is -0.389 e. The van der Waals surface area contributed by atoms with Crippen LogP contribution in [-0.2, 0) is 7.05 Å². The van der Waals surface area contributed by atoms with Crippen molar-refractivity contribution in [2.45, 2.75) is 6.10 Å². The molecule has 0 radical (unpaired) electrons. The maximum absolute atomic E-state index is 11.6. The van der Waals surface area contributed by atoms with E-state index in [2.05, 4.69) is 0 Å². The Bertz CT molecular complexity index is 326. The molecule has 70 valence electrons. The minimum atomic E-state index is -0.329. The Morgan fingerprint density at radius 2 is 2.31 bits per heavy atom. The number of β-amino-alcohol motifs (C(OH)–C–C–N with tert-alkyl or cyclic N) is 1. The number of aliphatic hydroxyl groups is 1. The van der Waals surface area contributed by atoms with Crippen molar-refractivity contribution in [3.8, 4) is 0 Å². The van der Waals surface area contributed by atoms with Gasteiger partial charge in [-0.15, -0.1) is 0 Å². The second-order valence-electron chi connectivity index (χ2n) is 3.37. The molecule has 0 saturated carbocycles. The number of hydrogen-bond donors (Lipinski definition) is 1. The fourth-order valence-electron chi connectivity index (χ4n) is 1.47. The highest BCUT2D eigenvalue weighted by Crippen LogP contribution is 2.12. The average molecular weight is 180 g/mol. The number of nitrogens with zero attached hydrogens (tertiary/aromatic N) is 2. The van der Waals surface area contributed by atoms with Gasteiger partial charge < -0.3 is 14.6 Å². The summed E-state index contributed by atoms with van der Waals surface area (Å²) in [6.07, 6.45) is 1.51. The van der Waals surface area contributed by atoms with Crippen molar-refractivity contribution < 1.29 is 9.90 Å². The zero-order chi connectivity index (χ0) is 9.42. The fourth-order valence-corrected chi connectivity index (χ4v) is 1.47. The first-order valence-electron chi connectivity index (χ1n) is 4.27. The molecule has 4 heteroatoms. The van der Waals surface area contributed by atoms with Crippen molar-refractivity contribution >= 4 is 5.91 Å². The molecule has 13 heavy (non-hydrogen) atoms. The van der Waals surface area contributed by atoms with Crippen molar-refractivity contribution in [2.75, 3.05) is 13.1 Å². The summed E-state index contributed by atoms with van der Waals surface area (Å²) in [6.45, 7) is 0.925. The van der Waals surface area contributed by atoms with E-state index in [9.17, 15) is 4.79 Å². The highest BCUT2D eigenvalue weighted by atomic mass is 16.3. The molecule has 1 N–H and O–H groups in total. The number of aryl methyl sites for hydroxylation is 1. The molecule has 1 aliphatic rings. The molecule has 1 aliphatic heterocycles. The lowest BCUT2D eigenvalue weighted by Crippen LogP contribution is -2.53. The van der Waals surface area contributed by atoms with Gasteiger partial charge in [0.05, 0.1) is 6.10 Å². The van der Waals surface area contributed by atoms with Crippen LogP contribution >= 0.6 is 0 Å². The van der Waals surface area contributed by atoms with Crippen LogP contribution in [0.15, 0.2) is 18.3 Å². The van der Waals surface area contributed by atoms with E-state index in [1.54, 1.807) is 15.5 Å². The van der Waals surface area contributed by atoms with Gasteiger partial charge >= 0.3 is 0 Å². The predicted molar refractivity (Wildman–Crippen MR) is 47.3 cm³/mol. The Morgan fingerprint density at radius 1 is 1.62 bits per heavy atom. The molecule has 1 fully saturated rings. The van der Waals surface area contributed by atoms with Crippen LogP contribution in [-0.4, -0.2) is 39.7 Å². The van der Waals surface area contributed by atoms with Crippen molar-refractivity contribution in [1.29, 1.82) is 0 Å². The van der Waals surface area contributed by atoms with Crippen molar-refractivity contribution in [2.24, 2.45) is 7.05 Å². The van der Waals surface area contributed by atoms with E-state index >= 15 is 0 Å². The zero-order valence-corrected chi connectivity index (χ0v) is 7.47. The van der Waals surface area contributed by atoms with E-state index < -0.39 is 0 Å². The first kappa shape index (κ1) is 8.31. The van der Waals surface area contributed by atoms with Gasteiger partial charge in [0.1, 0.15) is 5.69 Å². The van der Waals surface area contributed by atoms with Crippen LogP contribution in [0.5, 0.6) is 0 Å². The Balaban J connectivity index is 2.10. The second-order valence-corrected chi connectivity index (χ2v) is 3.37. The molecule has 2 rings (SSSR count). The number of rotatable bonds is 1. The van der Waals surface area contributed by atoms with Gasteiger partial charge in [-0.25, -0.2) is 0 Å². The summed E-state index contributed by atoms with van der Waals surface area (Å²) in [5, 5.41) is 9.03. The highest BCUT2D eigenvalue weighted by molar-refractivity contribution is 5.93. The van der Waals surface area contributed by atoms with E-state index in [1.807, 2.05) is 19.3 Å². The first-order chi connectivity index (χ1) is 6.18. The summed E-state index contributed by atoms with van der Waals surface area (Å²) >= 11 is 0. The van der Waals surface area contributed by atoms with Crippen molar-refractivity contribution in [3.05, 3.63) is 24.0 Å². The molecule has 0 aliphatic carbocycles. The Hall–Kier alpha value is -1.29. The van der Waals surface area contributed by atoms with Crippen molar-refractivity contribution in [1.82, 2.24) is 9.47 Å². The van der Waals surface area contributed by atoms with Crippen molar-refractivity contribution in [3.63, 3.8) is 0 Å². The Labute approximate surface area is 76.4 Å². The molecular formula is C9H12N2O2. The quantitative estimate of drug-likeness (QED) is 0.652. The SMILES string of the molecule is Cn1cccc1C(=O)N1CC(O)C1. The first-order valence-corrected chi connectivity index (χ1v) is 4.27. The van der Waals surface area contributed by atoms with Gasteiger partial charge in [0.25, 0.3) is 5.91 Å². The van der Waals surface area contributed by atoms with E-state index in [1.165, 1.54) is 0 Å². The molecule has 1 saturated heterocycles. The molecule has 4 nitrogen and oxygen atoms in total. The Kier molecular flexibility index (Phi) is 1.84. The summed E-state index contributed by atoms with van der Waals surface area (Å²) in [7, 11) is 1.84. The number of amides is 1. The maximum atomic E-state index is 11.6. The second kappa shape index (κ2) is 2.88. The maximum Gasteiger partial charge on any atom is 0.270 e. The summed E-state index contributed by atoms with van der Waals surface area (Å²) in [4.78, 5) is 13.3. The van der Waals surface area contributed by atoms with E-state index in [0.717, 1.165) is 0 Å². The number of aliphatic hydroxyl groups excluding tert-OH is 1. The van der Waals surface area contributed by atoms with Gasteiger partial charge in [0.15, 0.2) is 0 Å². The highest BCUT2D eigenvalue weighted by Gasteiger charge is 2.30. The third kappa shape index (κ3) is 1.33. The molecule has 1 aromatic heterocycles. The number of carbonyl (C=O) groups is 1. The number of aromatic nitrogens is 1. The van der Waals surface area contributed by atoms with Gasteiger partial charge in [-0.05, 0) is 12.1 Å². The minimum absolute atomic E-state index is 0.00204. The molecule has 0 spiro atoms. The summed E-state index contributed by atoms with van der Waals surface area (Å²) in [5.74, 6) is -0.00204. The van der Waals surface area contributed by atoms with Crippen LogP contribution in [0.2, 0.25) is 0 Å². The molecule has 0 unspecified atom stereocenters. The molecule has 1 amide bonds. The Morgan fingerprint density at radius 3 is 2.77 bits per heavy atom. The number of carbonyl (C=O) groups excluding carboxylic acids is 1. The van der Waals surface area contributed by atoms with Gasteiger partial charge in [0, 0.05) is 26.3 Å². The third-order valence-electron chi connectivity index (χ3n) is 2.31. The fraction of sp³-hybridized carbons (Fsp3) is 0.444. The van der Waals surface area contributed by atoms with Crippen LogP contribution in [0, 0.1) is 0 Å². The lowest BCUT2D eigenvalue weighted by Gasteiger charge is -2.35. The van der Waals surface area contributed by atoms with Crippen LogP contribution in [0.25, 0.3) is 0 Å². The summed E-state index contributed by atoms with van der Waals surface area (Å²) in [6, 6.07) is 3.62. The number of likely N-dealkylation sites (tertiary alicyclic amines) is 1. The monoisotopic (exact) mass is 180 g/mol. The summed E-state index contributed by atoms with van der Waals surface area (Å²) < 4.78 is 1.78. The largest absolute Gasteiger partial charge is 0.389 e. The molecule has 0 bridgehead atoms. The smallest absolute Gasteiger partial charge is 0.270 e. The zero-order valence-electron chi connectivity index (χ0n) is 7.47. The number of hydrogen-bond acceptors (Lipinski definition) is 2. The van der Waals surface area contributed by atoms with Gasteiger partial charge in [-0.2, -0.15) is 0 Å². The lowest BCUT2D eigenvalue weighted by molar-refractivity contribution is 0.00526. The van der Waals surface area contributed by atoms with Gasteiger partial charge in [-0.3, -0.25) is 4.79 Å². The molecule has 0 aromatic carbocycles. The topological polar surface area (TPSA) is 45.5 Å². The standard InChI is InChI=1S/C9H12N2O2/c1-10-4-2-3-8(10)9(13)11-5-7(12)6-11/h2-4,7,12H,5-6H2,1H3. The van der Waals surface area contributed by atoms with Gasteiger partial charge in [-0.1, -0.05) is 0 Å². The van der Waals surface area contributed by atoms with Crippen LogP contribution in [0.4, 0.5) is 0 Å².